The summed E-state index contributed by atoms with van der Waals surface area (Å²) < 4.78 is 11.4. The van der Waals surface area contributed by atoms with Gasteiger partial charge < -0.3 is 14.8 Å². The average Bonchev–Trinajstić information content (AvgIpc) is 2.66. The van der Waals surface area contributed by atoms with Crippen LogP contribution >= 0.6 is 0 Å². The maximum Gasteiger partial charge on any atom is 0.172 e. The minimum Gasteiger partial charge on any atom is -0.384 e. The lowest BCUT2D eigenvalue weighted by molar-refractivity contribution is -0.169. The summed E-state index contributed by atoms with van der Waals surface area (Å²) in [5, 5.41) is 3.37. The third-order valence-electron chi connectivity index (χ3n) is 3.25. The molecule has 0 aromatic rings. The smallest absolute Gasteiger partial charge is 0.172 e. The van der Waals surface area contributed by atoms with Crippen LogP contribution in [-0.2, 0) is 9.47 Å². The highest BCUT2D eigenvalue weighted by molar-refractivity contribution is 5.26. The van der Waals surface area contributed by atoms with Crippen molar-refractivity contribution in [2.45, 2.75) is 31.1 Å². The van der Waals surface area contributed by atoms with E-state index in [0.29, 0.717) is 6.04 Å². The summed E-state index contributed by atoms with van der Waals surface area (Å²) in [4.78, 5) is 0. The maximum absolute atomic E-state index is 5.72. The summed E-state index contributed by atoms with van der Waals surface area (Å²) in [6.45, 7) is 1.50. The molecule has 14 heavy (non-hydrogen) atoms. The topological polar surface area (TPSA) is 30.5 Å². The number of nitrogens with one attached hydrogen (secondary N) is 1. The summed E-state index contributed by atoms with van der Waals surface area (Å²) in [5.41, 5.74) is 1.42. The summed E-state index contributed by atoms with van der Waals surface area (Å²) in [6.07, 6.45) is 9.30. The molecule has 0 aromatic carbocycles. The fourth-order valence-electron chi connectivity index (χ4n) is 2.52. The Balaban J connectivity index is 1.81. The molecule has 0 bridgehead atoms. The van der Waals surface area contributed by atoms with Crippen LogP contribution < -0.4 is 5.32 Å². The van der Waals surface area contributed by atoms with Crippen LogP contribution in [0.25, 0.3) is 0 Å². The highest BCUT2D eigenvalue weighted by atomic mass is 16.7. The summed E-state index contributed by atoms with van der Waals surface area (Å²) in [6, 6.07) is 0.512. The highest BCUT2D eigenvalue weighted by Gasteiger charge is 2.42. The van der Waals surface area contributed by atoms with E-state index in [0.717, 1.165) is 32.5 Å². The number of rotatable bonds is 0. The first-order valence-corrected chi connectivity index (χ1v) is 5.28. The van der Waals surface area contributed by atoms with Crippen LogP contribution in [0.2, 0.25) is 0 Å². The zero-order valence-corrected chi connectivity index (χ0v) is 8.16. The van der Waals surface area contributed by atoms with Crippen LogP contribution in [0, 0.1) is 0 Å². The molecule has 0 aromatic heterocycles. The Morgan fingerprint density at radius 3 is 3.07 bits per heavy atom. The second-order valence-electron chi connectivity index (χ2n) is 4.14. The molecule has 3 nitrogen and oxygen atoms in total. The van der Waals surface area contributed by atoms with Crippen molar-refractivity contribution in [3.63, 3.8) is 0 Å². The largest absolute Gasteiger partial charge is 0.384 e. The molecule has 0 radical (unpaired) electrons. The van der Waals surface area contributed by atoms with Crippen molar-refractivity contribution in [1.29, 1.82) is 0 Å². The lowest BCUT2D eigenvalue weighted by Gasteiger charge is -2.38. The van der Waals surface area contributed by atoms with Crippen molar-refractivity contribution in [3.8, 4) is 0 Å². The fraction of sp³-hybridized carbons (Fsp3) is 0.636. The Morgan fingerprint density at radius 2 is 2.21 bits per heavy atom. The number of dihydropyridines is 1. The van der Waals surface area contributed by atoms with E-state index in [-0.39, 0.29) is 5.79 Å². The van der Waals surface area contributed by atoms with E-state index in [1.165, 1.54) is 5.57 Å². The first-order chi connectivity index (χ1) is 6.88. The minimum atomic E-state index is -0.283. The summed E-state index contributed by atoms with van der Waals surface area (Å²) in [7, 11) is 0. The standard InChI is InChI=1S/C11H15NO2/c1-2-9-8-11(13-6-7-14-11)4-3-10(9)12-5-1/h1-2,5,10,12H,3-4,6-8H2. The molecule has 76 valence electrons. The lowest BCUT2D eigenvalue weighted by atomic mass is 9.84. The van der Waals surface area contributed by atoms with Crippen LogP contribution in [0.1, 0.15) is 19.3 Å². The Bertz CT molecular complexity index is 290. The van der Waals surface area contributed by atoms with E-state index >= 15 is 0 Å². The molecule has 3 aliphatic rings. The molecule has 1 N–H and O–H groups in total. The van der Waals surface area contributed by atoms with Crippen molar-refractivity contribution in [1.82, 2.24) is 5.32 Å². The van der Waals surface area contributed by atoms with Crippen LogP contribution in [0.15, 0.2) is 23.9 Å². The number of ether oxygens (including phenoxy) is 2. The predicted octanol–water partition coefficient (Wildman–Crippen LogP) is 1.33. The van der Waals surface area contributed by atoms with Crippen LogP contribution in [-0.4, -0.2) is 25.0 Å². The molecule has 3 rings (SSSR count). The van der Waals surface area contributed by atoms with Crippen LogP contribution in [0.4, 0.5) is 0 Å². The Morgan fingerprint density at radius 1 is 1.36 bits per heavy atom. The van der Waals surface area contributed by atoms with Crippen molar-refractivity contribution < 1.29 is 9.47 Å². The van der Waals surface area contributed by atoms with Gasteiger partial charge in [-0.05, 0) is 24.3 Å². The molecule has 1 saturated carbocycles. The molecule has 2 heterocycles. The van der Waals surface area contributed by atoms with E-state index in [2.05, 4.69) is 17.5 Å². The van der Waals surface area contributed by atoms with E-state index in [1.807, 2.05) is 6.20 Å². The lowest BCUT2D eigenvalue weighted by Crippen LogP contribution is -2.43. The molecule has 1 unspecified atom stereocenters. The Labute approximate surface area is 83.8 Å². The third kappa shape index (κ3) is 1.28. The molecule has 1 atom stereocenters. The van der Waals surface area contributed by atoms with Gasteiger partial charge in [-0.1, -0.05) is 6.08 Å². The van der Waals surface area contributed by atoms with Crippen molar-refractivity contribution in [2.24, 2.45) is 0 Å². The monoisotopic (exact) mass is 193 g/mol. The molecular weight excluding hydrogens is 178 g/mol. The van der Waals surface area contributed by atoms with Gasteiger partial charge in [-0.25, -0.2) is 0 Å². The summed E-state index contributed by atoms with van der Waals surface area (Å²) >= 11 is 0. The number of hydrogen-bond donors (Lipinski definition) is 1. The molecule has 2 fully saturated rings. The van der Waals surface area contributed by atoms with Crippen molar-refractivity contribution in [2.75, 3.05) is 13.2 Å². The van der Waals surface area contributed by atoms with Gasteiger partial charge in [0.15, 0.2) is 5.79 Å². The SMILES string of the molecule is C1=CNC2CCC3(CC2=C1)OCCO3. The molecular formula is C11H15NO2. The molecule has 0 amide bonds. The number of hydrogen-bond acceptors (Lipinski definition) is 3. The first-order valence-electron chi connectivity index (χ1n) is 5.28. The van der Waals surface area contributed by atoms with Gasteiger partial charge in [-0.2, -0.15) is 0 Å². The first kappa shape index (κ1) is 8.50. The van der Waals surface area contributed by atoms with Crippen LogP contribution in [0.3, 0.4) is 0 Å². The molecule has 2 aliphatic heterocycles. The zero-order chi connectivity index (χ0) is 9.43. The zero-order valence-electron chi connectivity index (χ0n) is 8.16. The average molecular weight is 193 g/mol. The second-order valence-corrected chi connectivity index (χ2v) is 4.14. The molecule has 1 spiro atoms. The van der Waals surface area contributed by atoms with Gasteiger partial charge >= 0.3 is 0 Å². The second kappa shape index (κ2) is 3.11. The normalized spacial score (nSPS) is 33.7. The predicted molar refractivity (Wildman–Crippen MR) is 52.6 cm³/mol. The Kier molecular flexibility index (Phi) is 1.89. The van der Waals surface area contributed by atoms with Gasteiger partial charge in [-0.15, -0.1) is 0 Å². The number of fused-ring (bicyclic) bond motifs is 1. The number of allylic oxidation sites excluding steroid dienone is 2. The van der Waals surface area contributed by atoms with Crippen molar-refractivity contribution >= 4 is 0 Å². The van der Waals surface area contributed by atoms with E-state index < -0.39 is 0 Å². The third-order valence-corrected chi connectivity index (χ3v) is 3.25. The van der Waals surface area contributed by atoms with Gasteiger partial charge in [0, 0.05) is 18.9 Å². The van der Waals surface area contributed by atoms with E-state index in [4.69, 9.17) is 9.47 Å². The Hall–Kier alpha value is -0.800. The van der Waals surface area contributed by atoms with Gasteiger partial charge in [0.05, 0.1) is 13.2 Å². The summed E-state index contributed by atoms with van der Waals surface area (Å²) in [5.74, 6) is -0.283. The molecule has 3 heteroatoms. The minimum absolute atomic E-state index is 0.283. The van der Waals surface area contributed by atoms with Crippen LogP contribution in [0.5, 0.6) is 0 Å². The van der Waals surface area contributed by atoms with Gasteiger partial charge in [0.2, 0.25) is 0 Å². The van der Waals surface area contributed by atoms with Gasteiger partial charge in [0.25, 0.3) is 0 Å². The fourth-order valence-corrected chi connectivity index (χ4v) is 2.52. The molecule has 1 saturated heterocycles. The molecule has 1 aliphatic carbocycles. The van der Waals surface area contributed by atoms with E-state index in [9.17, 15) is 0 Å². The maximum atomic E-state index is 5.72. The van der Waals surface area contributed by atoms with Gasteiger partial charge in [-0.3, -0.25) is 0 Å². The van der Waals surface area contributed by atoms with Gasteiger partial charge in [0.1, 0.15) is 0 Å². The van der Waals surface area contributed by atoms with Crippen molar-refractivity contribution in [3.05, 3.63) is 23.9 Å². The quantitative estimate of drug-likeness (QED) is 0.629. The highest BCUT2D eigenvalue weighted by Crippen LogP contribution is 2.39. The van der Waals surface area contributed by atoms with E-state index in [1.54, 1.807) is 0 Å².